The van der Waals surface area contributed by atoms with Crippen LogP contribution in [0.2, 0.25) is 0 Å². The van der Waals surface area contributed by atoms with E-state index in [2.05, 4.69) is 20.6 Å². The standard InChI is InChI=1S/C20H22F3N5O4/c21-20(22,23)15-3-1-14(2-4-15)10-25-19-18(28(30)31)17(26-11-27-19)16(32-12-29)9-13-5-7-24-8-6-13/h1-4,11-13,16,24H,5-10H2,(H,25,26,27). The van der Waals surface area contributed by atoms with E-state index < -0.39 is 28.5 Å². The van der Waals surface area contributed by atoms with Gasteiger partial charge >= 0.3 is 11.9 Å². The van der Waals surface area contributed by atoms with Crippen molar-refractivity contribution in [1.29, 1.82) is 0 Å². The predicted molar refractivity (Wildman–Crippen MR) is 108 cm³/mol. The number of carbonyl (C=O) groups excluding carboxylic acids is 1. The topological polar surface area (TPSA) is 119 Å². The number of piperidine rings is 1. The van der Waals surface area contributed by atoms with Crippen molar-refractivity contribution < 1.29 is 27.6 Å². The number of ether oxygens (including phenoxy) is 1. The molecule has 32 heavy (non-hydrogen) atoms. The minimum absolute atomic E-state index is 0.00291. The lowest BCUT2D eigenvalue weighted by atomic mass is 9.90. The highest BCUT2D eigenvalue weighted by molar-refractivity contribution is 5.59. The third kappa shape index (κ3) is 5.90. The molecule has 0 radical (unpaired) electrons. The zero-order valence-electron chi connectivity index (χ0n) is 17.0. The third-order valence-corrected chi connectivity index (χ3v) is 5.31. The molecule has 1 unspecified atom stereocenters. The molecule has 9 nitrogen and oxygen atoms in total. The molecule has 1 aliphatic heterocycles. The lowest BCUT2D eigenvalue weighted by molar-refractivity contribution is -0.385. The maximum atomic E-state index is 12.7. The molecule has 1 aromatic heterocycles. The Bertz CT molecular complexity index is 934. The second kappa shape index (κ2) is 10.4. The van der Waals surface area contributed by atoms with E-state index in [1.54, 1.807) is 0 Å². The van der Waals surface area contributed by atoms with Crippen LogP contribution in [0.1, 0.15) is 42.2 Å². The summed E-state index contributed by atoms with van der Waals surface area (Å²) in [5.41, 5.74) is -0.767. The SMILES string of the molecule is O=COC(CC1CCNCC1)c1ncnc(NCc2ccc(C(F)(F)F)cc2)c1[N+](=O)[O-]. The Hall–Kier alpha value is -3.28. The van der Waals surface area contributed by atoms with Crippen molar-refractivity contribution in [1.82, 2.24) is 15.3 Å². The molecule has 1 saturated heterocycles. The molecule has 0 spiro atoms. The van der Waals surface area contributed by atoms with Gasteiger partial charge in [0.05, 0.1) is 10.5 Å². The van der Waals surface area contributed by atoms with Crippen LogP contribution >= 0.6 is 0 Å². The van der Waals surface area contributed by atoms with Crippen molar-refractivity contribution in [2.24, 2.45) is 5.92 Å². The van der Waals surface area contributed by atoms with E-state index >= 15 is 0 Å². The zero-order chi connectivity index (χ0) is 23.1. The van der Waals surface area contributed by atoms with Gasteiger partial charge in [-0.1, -0.05) is 12.1 Å². The van der Waals surface area contributed by atoms with Gasteiger partial charge in [0, 0.05) is 6.54 Å². The van der Waals surface area contributed by atoms with E-state index in [0.29, 0.717) is 12.0 Å². The van der Waals surface area contributed by atoms with Crippen LogP contribution in [0.4, 0.5) is 24.7 Å². The van der Waals surface area contributed by atoms with Crippen molar-refractivity contribution in [3.63, 3.8) is 0 Å². The summed E-state index contributed by atoms with van der Waals surface area (Å²) >= 11 is 0. The van der Waals surface area contributed by atoms with Gasteiger partial charge in [-0.2, -0.15) is 13.2 Å². The molecule has 1 aromatic carbocycles. The lowest BCUT2D eigenvalue weighted by Gasteiger charge is -2.25. The first kappa shape index (κ1) is 23.4. The first-order valence-corrected chi connectivity index (χ1v) is 9.98. The van der Waals surface area contributed by atoms with Crippen LogP contribution in [0.25, 0.3) is 0 Å². The molecule has 12 heteroatoms. The number of carbonyl (C=O) groups is 1. The summed E-state index contributed by atoms with van der Waals surface area (Å²) in [6, 6.07) is 4.42. The van der Waals surface area contributed by atoms with Gasteiger partial charge in [-0.05, 0) is 56.0 Å². The Morgan fingerprint density at radius 2 is 1.94 bits per heavy atom. The number of nitrogens with zero attached hydrogens (tertiary/aromatic N) is 3. The van der Waals surface area contributed by atoms with E-state index in [4.69, 9.17) is 4.74 Å². The Morgan fingerprint density at radius 3 is 2.53 bits per heavy atom. The number of hydrogen-bond donors (Lipinski definition) is 2. The van der Waals surface area contributed by atoms with Gasteiger partial charge in [-0.15, -0.1) is 0 Å². The Kier molecular flexibility index (Phi) is 7.57. The highest BCUT2D eigenvalue weighted by Crippen LogP contribution is 2.36. The maximum Gasteiger partial charge on any atom is 0.416 e. The highest BCUT2D eigenvalue weighted by Gasteiger charge is 2.32. The number of benzene rings is 1. The van der Waals surface area contributed by atoms with Crippen molar-refractivity contribution >= 4 is 18.0 Å². The fourth-order valence-corrected chi connectivity index (χ4v) is 3.65. The van der Waals surface area contributed by atoms with E-state index in [0.717, 1.165) is 44.4 Å². The van der Waals surface area contributed by atoms with Gasteiger partial charge in [-0.3, -0.25) is 14.9 Å². The lowest BCUT2D eigenvalue weighted by Crippen LogP contribution is -2.29. The molecule has 3 rings (SSSR count). The van der Waals surface area contributed by atoms with Crippen molar-refractivity contribution in [2.75, 3.05) is 18.4 Å². The number of aromatic nitrogens is 2. The van der Waals surface area contributed by atoms with Crippen LogP contribution in [0.15, 0.2) is 30.6 Å². The molecule has 1 fully saturated rings. The summed E-state index contributed by atoms with van der Waals surface area (Å²) < 4.78 is 43.3. The fraction of sp³-hybridized carbons (Fsp3) is 0.450. The van der Waals surface area contributed by atoms with Gasteiger partial charge in [-0.25, -0.2) is 9.97 Å². The number of halogens is 3. The molecular formula is C20H22F3N5O4. The minimum Gasteiger partial charge on any atom is -0.458 e. The highest BCUT2D eigenvalue weighted by atomic mass is 19.4. The van der Waals surface area contributed by atoms with Crippen LogP contribution in [0.3, 0.4) is 0 Å². The first-order chi connectivity index (χ1) is 15.3. The summed E-state index contributed by atoms with van der Waals surface area (Å²) in [6.45, 7) is 1.87. The van der Waals surface area contributed by atoms with Crippen LogP contribution in [0, 0.1) is 16.0 Å². The number of alkyl halides is 3. The van der Waals surface area contributed by atoms with Crippen molar-refractivity contribution in [3.8, 4) is 0 Å². The molecule has 0 bridgehead atoms. The van der Waals surface area contributed by atoms with Crippen LogP contribution in [-0.4, -0.2) is 34.5 Å². The summed E-state index contributed by atoms with van der Waals surface area (Å²) in [4.78, 5) is 30.2. The molecule has 172 valence electrons. The third-order valence-electron chi connectivity index (χ3n) is 5.31. The Labute approximate surface area is 181 Å². The van der Waals surface area contributed by atoms with E-state index in [1.165, 1.54) is 12.1 Å². The smallest absolute Gasteiger partial charge is 0.416 e. The van der Waals surface area contributed by atoms with Crippen LogP contribution in [0.5, 0.6) is 0 Å². The maximum absolute atomic E-state index is 12.7. The zero-order valence-corrected chi connectivity index (χ0v) is 17.0. The van der Waals surface area contributed by atoms with E-state index in [9.17, 15) is 28.1 Å². The summed E-state index contributed by atoms with van der Waals surface area (Å²) in [5, 5.41) is 17.8. The second-order valence-corrected chi connectivity index (χ2v) is 7.41. The average Bonchev–Trinajstić information content (AvgIpc) is 2.77. The van der Waals surface area contributed by atoms with Gasteiger partial charge in [0.1, 0.15) is 6.33 Å². The molecular weight excluding hydrogens is 431 g/mol. The van der Waals surface area contributed by atoms with Crippen molar-refractivity contribution in [2.45, 2.75) is 38.1 Å². The van der Waals surface area contributed by atoms with Crippen molar-refractivity contribution in [3.05, 3.63) is 57.5 Å². The molecule has 0 saturated carbocycles. The monoisotopic (exact) mass is 453 g/mol. The summed E-state index contributed by atoms with van der Waals surface area (Å²) in [6.07, 6.45) is -2.16. The fourth-order valence-electron chi connectivity index (χ4n) is 3.65. The second-order valence-electron chi connectivity index (χ2n) is 7.41. The Morgan fingerprint density at radius 1 is 1.25 bits per heavy atom. The van der Waals surface area contributed by atoms with E-state index in [1.807, 2.05) is 0 Å². The van der Waals surface area contributed by atoms with Crippen LogP contribution < -0.4 is 10.6 Å². The number of nitro groups is 1. The number of rotatable bonds is 9. The summed E-state index contributed by atoms with van der Waals surface area (Å²) in [7, 11) is 0. The number of hydrogen-bond acceptors (Lipinski definition) is 8. The molecule has 2 N–H and O–H groups in total. The van der Waals surface area contributed by atoms with Gasteiger partial charge in [0.2, 0.25) is 5.82 Å². The molecule has 0 aliphatic carbocycles. The first-order valence-electron chi connectivity index (χ1n) is 9.98. The van der Waals surface area contributed by atoms with Crippen LogP contribution in [-0.2, 0) is 22.3 Å². The molecule has 0 amide bonds. The molecule has 1 aliphatic rings. The summed E-state index contributed by atoms with van der Waals surface area (Å²) in [5.74, 6) is 0.101. The molecule has 2 heterocycles. The average molecular weight is 453 g/mol. The number of nitrogens with one attached hydrogen (secondary N) is 2. The predicted octanol–water partition coefficient (Wildman–Crippen LogP) is 3.62. The van der Waals surface area contributed by atoms with Gasteiger partial charge < -0.3 is 15.4 Å². The molecule has 1 atom stereocenters. The normalized spacial score (nSPS) is 15.7. The van der Waals surface area contributed by atoms with Gasteiger partial charge in [0.15, 0.2) is 11.8 Å². The Balaban J connectivity index is 1.81. The minimum atomic E-state index is -4.45. The quantitative estimate of drug-likeness (QED) is 0.336. The van der Waals surface area contributed by atoms with Gasteiger partial charge in [0.25, 0.3) is 6.47 Å². The number of anilines is 1. The van der Waals surface area contributed by atoms with E-state index in [-0.39, 0.29) is 30.4 Å². The largest absolute Gasteiger partial charge is 0.458 e. The molecule has 2 aromatic rings.